The van der Waals surface area contributed by atoms with Gasteiger partial charge in [0.05, 0.1) is 11.0 Å². The zero-order chi connectivity index (χ0) is 20.5. The first-order chi connectivity index (χ1) is 13.2. The largest absolute Gasteiger partial charge is 0.486 e. The number of carbonyl (C=O) groups is 2. The number of ketones is 1. The van der Waals surface area contributed by atoms with E-state index in [0.717, 1.165) is 10.0 Å². The topological polar surface area (TPSA) is 52.6 Å². The summed E-state index contributed by atoms with van der Waals surface area (Å²) >= 11 is 3.37. The predicted molar refractivity (Wildman–Crippen MR) is 111 cm³/mol. The second-order valence-corrected chi connectivity index (χ2v) is 8.42. The molecule has 2 aromatic carbocycles. The van der Waals surface area contributed by atoms with E-state index in [9.17, 15) is 9.59 Å². The number of rotatable bonds is 5. The van der Waals surface area contributed by atoms with Crippen molar-refractivity contribution in [2.24, 2.45) is 5.41 Å². The van der Waals surface area contributed by atoms with E-state index in [-0.39, 0.29) is 5.78 Å². The standard InChI is InChI=1S/C23H23BrO4/c1-14-20(27-15(2)19(25)16-10-12-18(24)13-11-16)23(3,4)21(28-22(14)26)17-8-6-5-7-9-17/h5-13,15,21H,1-4H3/t15-,21-/m0/s1. The molecule has 146 valence electrons. The molecule has 5 heteroatoms. The molecule has 1 aliphatic heterocycles. The van der Waals surface area contributed by atoms with Crippen molar-refractivity contribution in [3.63, 3.8) is 0 Å². The number of halogens is 1. The fourth-order valence-corrected chi connectivity index (χ4v) is 3.73. The summed E-state index contributed by atoms with van der Waals surface area (Å²) in [6, 6.07) is 16.7. The summed E-state index contributed by atoms with van der Waals surface area (Å²) in [4.78, 5) is 25.3. The fraction of sp³-hybridized carbons (Fsp3) is 0.304. The van der Waals surface area contributed by atoms with Gasteiger partial charge in [0, 0.05) is 10.0 Å². The molecule has 0 bridgehead atoms. The van der Waals surface area contributed by atoms with Gasteiger partial charge in [0.25, 0.3) is 0 Å². The Labute approximate surface area is 173 Å². The van der Waals surface area contributed by atoms with Gasteiger partial charge in [0.1, 0.15) is 11.9 Å². The molecule has 0 saturated heterocycles. The number of hydrogen-bond acceptors (Lipinski definition) is 4. The maximum absolute atomic E-state index is 12.8. The van der Waals surface area contributed by atoms with E-state index in [1.807, 2.05) is 56.3 Å². The number of Topliss-reactive ketones (excluding diaryl/α,β-unsaturated/α-hetero) is 1. The van der Waals surface area contributed by atoms with Crippen molar-refractivity contribution < 1.29 is 19.1 Å². The van der Waals surface area contributed by atoms with Crippen LogP contribution in [0.5, 0.6) is 0 Å². The third-order valence-corrected chi connectivity index (χ3v) is 5.54. The highest BCUT2D eigenvalue weighted by molar-refractivity contribution is 9.10. The van der Waals surface area contributed by atoms with Gasteiger partial charge < -0.3 is 9.47 Å². The number of carbonyl (C=O) groups excluding carboxylic acids is 2. The monoisotopic (exact) mass is 442 g/mol. The number of ether oxygens (including phenoxy) is 2. The molecule has 3 rings (SSSR count). The van der Waals surface area contributed by atoms with Gasteiger partial charge in [-0.1, -0.05) is 58.4 Å². The Morgan fingerprint density at radius 2 is 1.71 bits per heavy atom. The molecule has 0 unspecified atom stereocenters. The van der Waals surface area contributed by atoms with Gasteiger partial charge in [-0.05, 0) is 45.4 Å². The van der Waals surface area contributed by atoms with E-state index in [0.29, 0.717) is 16.9 Å². The van der Waals surface area contributed by atoms with Crippen LogP contribution in [0.15, 0.2) is 70.4 Å². The Morgan fingerprint density at radius 1 is 1.11 bits per heavy atom. The summed E-state index contributed by atoms with van der Waals surface area (Å²) in [5.74, 6) is -0.0687. The molecule has 4 nitrogen and oxygen atoms in total. The summed E-state index contributed by atoms with van der Waals surface area (Å²) < 4.78 is 12.7. The molecule has 0 fully saturated rings. The maximum Gasteiger partial charge on any atom is 0.337 e. The van der Waals surface area contributed by atoms with Gasteiger partial charge in [-0.25, -0.2) is 4.79 Å². The van der Waals surface area contributed by atoms with Crippen LogP contribution in [0.4, 0.5) is 0 Å². The molecule has 0 aromatic heterocycles. The fourth-order valence-electron chi connectivity index (χ4n) is 3.47. The van der Waals surface area contributed by atoms with Crippen LogP contribution < -0.4 is 0 Å². The van der Waals surface area contributed by atoms with Crippen LogP contribution in [0.3, 0.4) is 0 Å². The van der Waals surface area contributed by atoms with Crippen molar-refractivity contribution in [3.05, 3.63) is 81.5 Å². The molecule has 0 spiro atoms. The van der Waals surface area contributed by atoms with Crippen molar-refractivity contribution in [1.29, 1.82) is 0 Å². The van der Waals surface area contributed by atoms with E-state index in [1.165, 1.54) is 0 Å². The molecule has 0 aliphatic carbocycles. The number of esters is 1. The van der Waals surface area contributed by atoms with Crippen molar-refractivity contribution in [3.8, 4) is 0 Å². The second kappa shape index (κ2) is 7.92. The molecule has 28 heavy (non-hydrogen) atoms. The normalized spacial score (nSPS) is 19.8. The Bertz CT molecular complexity index is 913. The van der Waals surface area contributed by atoms with E-state index >= 15 is 0 Å². The van der Waals surface area contributed by atoms with Crippen LogP contribution in [0, 0.1) is 5.41 Å². The molecule has 0 amide bonds. The minimum absolute atomic E-state index is 0.140. The lowest BCUT2D eigenvalue weighted by atomic mass is 9.77. The molecule has 2 atom stereocenters. The molecule has 1 heterocycles. The molecular weight excluding hydrogens is 420 g/mol. The summed E-state index contributed by atoms with van der Waals surface area (Å²) in [5.41, 5.74) is 1.23. The lowest BCUT2D eigenvalue weighted by Crippen LogP contribution is -2.38. The third-order valence-electron chi connectivity index (χ3n) is 5.01. The highest BCUT2D eigenvalue weighted by atomic mass is 79.9. The smallest absolute Gasteiger partial charge is 0.337 e. The zero-order valence-electron chi connectivity index (χ0n) is 16.4. The Balaban J connectivity index is 1.90. The minimum Gasteiger partial charge on any atom is -0.486 e. The third kappa shape index (κ3) is 3.90. The van der Waals surface area contributed by atoms with Crippen LogP contribution in [0.25, 0.3) is 0 Å². The first-order valence-corrected chi connectivity index (χ1v) is 9.95. The first kappa shape index (κ1) is 20.3. The van der Waals surface area contributed by atoms with Crippen molar-refractivity contribution >= 4 is 27.7 Å². The van der Waals surface area contributed by atoms with Gasteiger partial charge in [-0.15, -0.1) is 0 Å². The van der Waals surface area contributed by atoms with Crippen molar-refractivity contribution in [2.75, 3.05) is 0 Å². The minimum atomic E-state index is -0.729. The lowest BCUT2D eigenvalue weighted by Gasteiger charge is -2.40. The van der Waals surface area contributed by atoms with Gasteiger partial charge in [0.15, 0.2) is 6.10 Å². The second-order valence-electron chi connectivity index (χ2n) is 7.50. The molecule has 2 aromatic rings. The van der Waals surface area contributed by atoms with E-state index in [2.05, 4.69) is 15.9 Å². The van der Waals surface area contributed by atoms with E-state index < -0.39 is 23.6 Å². The molecule has 0 N–H and O–H groups in total. The first-order valence-electron chi connectivity index (χ1n) is 9.15. The van der Waals surface area contributed by atoms with Crippen LogP contribution in [0.1, 0.15) is 49.7 Å². The number of cyclic esters (lactones) is 1. The average Bonchev–Trinajstić information content (AvgIpc) is 2.68. The Hall–Kier alpha value is -2.40. The Morgan fingerprint density at radius 3 is 2.32 bits per heavy atom. The molecule has 0 radical (unpaired) electrons. The maximum atomic E-state index is 12.8. The van der Waals surface area contributed by atoms with Gasteiger partial charge in [-0.3, -0.25) is 4.79 Å². The molecule has 1 aliphatic rings. The summed E-state index contributed by atoms with van der Waals surface area (Å²) in [5, 5.41) is 0. The van der Waals surface area contributed by atoms with Gasteiger partial charge in [0.2, 0.25) is 5.78 Å². The Kier molecular flexibility index (Phi) is 5.75. The van der Waals surface area contributed by atoms with Gasteiger partial charge in [-0.2, -0.15) is 0 Å². The van der Waals surface area contributed by atoms with Crippen LogP contribution in [-0.4, -0.2) is 17.9 Å². The highest BCUT2D eigenvalue weighted by Gasteiger charge is 2.45. The van der Waals surface area contributed by atoms with Crippen molar-refractivity contribution in [1.82, 2.24) is 0 Å². The number of hydrogen-bond donors (Lipinski definition) is 0. The van der Waals surface area contributed by atoms with Crippen LogP contribution in [-0.2, 0) is 14.3 Å². The number of benzene rings is 2. The molecular formula is C23H23BrO4. The van der Waals surface area contributed by atoms with Crippen molar-refractivity contribution in [2.45, 2.75) is 39.9 Å². The summed E-state index contributed by atoms with van der Waals surface area (Å²) in [6.45, 7) is 7.31. The highest BCUT2D eigenvalue weighted by Crippen LogP contribution is 2.48. The quantitative estimate of drug-likeness (QED) is 0.444. The SMILES string of the molecule is CC1=C(O[C@@H](C)C(=O)c2ccc(Br)cc2)C(C)(C)[C@H](c2ccccc2)OC1=O. The lowest BCUT2D eigenvalue weighted by molar-refractivity contribution is -0.156. The van der Waals surface area contributed by atoms with Crippen LogP contribution >= 0.6 is 15.9 Å². The van der Waals surface area contributed by atoms with Crippen LogP contribution in [0.2, 0.25) is 0 Å². The molecule has 0 saturated carbocycles. The van der Waals surface area contributed by atoms with E-state index in [1.54, 1.807) is 26.0 Å². The predicted octanol–water partition coefficient (Wildman–Crippen LogP) is 5.64. The van der Waals surface area contributed by atoms with Gasteiger partial charge >= 0.3 is 5.97 Å². The summed E-state index contributed by atoms with van der Waals surface area (Å²) in [6.07, 6.45) is -1.22. The average molecular weight is 443 g/mol. The van der Waals surface area contributed by atoms with E-state index in [4.69, 9.17) is 9.47 Å². The zero-order valence-corrected chi connectivity index (χ0v) is 17.9. The summed E-state index contributed by atoms with van der Waals surface area (Å²) in [7, 11) is 0.